The van der Waals surface area contributed by atoms with E-state index >= 15 is 0 Å². The molecule has 0 bridgehead atoms. The van der Waals surface area contributed by atoms with E-state index in [1.54, 1.807) is 0 Å². The van der Waals surface area contributed by atoms with Crippen molar-refractivity contribution >= 4 is 23.1 Å². The Morgan fingerprint density at radius 1 is 0.647 bits per heavy atom. The fraction of sp³-hybridized carbons (Fsp3) is 0.100. The van der Waals surface area contributed by atoms with E-state index in [1.807, 2.05) is 102 Å². The average molecular weight is 463 g/mol. The van der Waals surface area contributed by atoms with E-state index in [-0.39, 0.29) is 0 Å². The minimum absolute atomic E-state index is 0.793. The summed E-state index contributed by atoms with van der Waals surface area (Å²) in [5.74, 6) is 0. The zero-order valence-electron chi connectivity index (χ0n) is 19.6. The largest absolute Gasteiger partial charge is 0.309 e. The first-order valence-corrected chi connectivity index (χ1v) is 13.1. The predicted molar refractivity (Wildman–Crippen MR) is 143 cm³/mol. The molecule has 0 radical (unpaired) electrons. The molecule has 0 atom stereocenters. The van der Waals surface area contributed by atoms with E-state index in [0.29, 0.717) is 0 Å². The van der Waals surface area contributed by atoms with Gasteiger partial charge in [-0.3, -0.25) is 0 Å². The molecule has 0 spiro atoms. The summed E-state index contributed by atoms with van der Waals surface area (Å²) in [6.45, 7) is 6.40. The van der Waals surface area contributed by atoms with Gasteiger partial charge in [-0.2, -0.15) is 5.10 Å². The van der Waals surface area contributed by atoms with Crippen molar-refractivity contribution in [1.82, 2.24) is 9.78 Å². The van der Waals surface area contributed by atoms with Crippen LogP contribution >= 0.6 is 7.14 Å². The van der Waals surface area contributed by atoms with Gasteiger partial charge in [0, 0.05) is 21.5 Å². The van der Waals surface area contributed by atoms with Crippen LogP contribution in [0.15, 0.2) is 109 Å². The number of aromatic nitrogens is 2. The molecule has 0 saturated carbocycles. The van der Waals surface area contributed by atoms with Gasteiger partial charge in [0.1, 0.15) is 0 Å². The third-order valence-corrected chi connectivity index (χ3v) is 9.31. The number of benzene rings is 4. The second-order valence-corrected chi connectivity index (χ2v) is 11.5. The maximum Gasteiger partial charge on any atom is 0.171 e. The Balaban J connectivity index is 1.69. The van der Waals surface area contributed by atoms with E-state index in [1.165, 1.54) is 22.3 Å². The minimum Gasteiger partial charge on any atom is -0.309 e. The second kappa shape index (κ2) is 8.93. The lowest BCUT2D eigenvalue weighted by molar-refractivity contribution is 0.592. The number of aryl methyl sites for hydroxylation is 3. The monoisotopic (exact) mass is 462 g/mol. The number of rotatable bonds is 5. The van der Waals surface area contributed by atoms with Gasteiger partial charge in [-0.1, -0.05) is 90.5 Å². The van der Waals surface area contributed by atoms with E-state index < -0.39 is 7.14 Å². The molecule has 0 N–H and O–H groups in total. The van der Waals surface area contributed by atoms with E-state index in [0.717, 1.165) is 27.3 Å². The Morgan fingerprint density at radius 2 is 1.21 bits per heavy atom. The van der Waals surface area contributed by atoms with Crippen molar-refractivity contribution in [3.05, 3.63) is 126 Å². The highest BCUT2D eigenvalue weighted by molar-refractivity contribution is 7.85. The molecule has 3 nitrogen and oxygen atoms in total. The number of nitrogens with zero attached hydrogens (tertiary/aromatic N) is 2. The summed E-state index contributed by atoms with van der Waals surface area (Å²) in [6, 6.07) is 34.0. The van der Waals surface area contributed by atoms with Gasteiger partial charge in [0.2, 0.25) is 0 Å². The molecule has 168 valence electrons. The fourth-order valence-electron chi connectivity index (χ4n) is 4.83. The van der Waals surface area contributed by atoms with Gasteiger partial charge in [-0.15, -0.1) is 0 Å². The fourth-order valence-corrected chi connectivity index (χ4v) is 7.51. The summed E-state index contributed by atoms with van der Waals surface area (Å²) >= 11 is 0. The first-order valence-electron chi connectivity index (χ1n) is 11.4. The van der Waals surface area contributed by atoms with Gasteiger partial charge in [0.05, 0.1) is 17.6 Å². The Morgan fingerprint density at radius 3 is 1.79 bits per heavy atom. The lowest BCUT2D eigenvalue weighted by Crippen LogP contribution is -2.25. The van der Waals surface area contributed by atoms with Gasteiger partial charge in [0.15, 0.2) is 7.14 Å². The zero-order chi connectivity index (χ0) is 23.7. The van der Waals surface area contributed by atoms with Crippen LogP contribution in [-0.2, 0) is 4.57 Å². The molecule has 0 saturated heterocycles. The average Bonchev–Trinajstić information content (AvgIpc) is 3.33. The Labute approximate surface area is 201 Å². The molecule has 0 unspecified atom stereocenters. The lowest BCUT2D eigenvalue weighted by atomic mass is 9.97. The molecule has 0 aliphatic heterocycles. The van der Waals surface area contributed by atoms with Crippen molar-refractivity contribution < 1.29 is 4.57 Å². The van der Waals surface area contributed by atoms with Crippen LogP contribution in [0.4, 0.5) is 0 Å². The SMILES string of the molecule is Cc1cc(C)c(-c2ccnn2-c2cccc(P(=O)(c3ccccc3)c3ccccc3)c2)c(C)c1. The molecule has 4 heteroatoms. The molecule has 1 aromatic heterocycles. The zero-order valence-corrected chi connectivity index (χ0v) is 20.5. The van der Waals surface area contributed by atoms with Gasteiger partial charge < -0.3 is 4.57 Å². The molecule has 0 aliphatic rings. The van der Waals surface area contributed by atoms with Gasteiger partial charge in [0.25, 0.3) is 0 Å². The number of hydrogen-bond acceptors (Lipinski definition) is 2. The molecule has 34 heavy (non-hydrogen) atoms. The van der Waals surface area contributed by atoms with Crippen LogP contribution in [0, 0.1) is 20.8 Å². The molecular weight excluding hydrogens is 435 g/mol. The summed E-state index contributed by atoms with van der Waals surface area (Å²) in [7, 11) is -3.06. The Bertz CT molecular complexity index is 1440. The van der Waals surface area contributed by atoms with Crippen molar-refractivity contribution in [1.29, 1.82) is 0 Å². The first kappa shape index (κ1) is 22.1. The molecule has 0 aliphatic carbocycles. The first-order chi connectivity index (χ1) is 16.5. The smallest absolute Gasteiger partial charge is 0.171 e. The van der Waals surface area contributed by atoms with Crippen LogP contribution in [0.25, 0.3) is 16.9 Å². The highest BCUT2D eigenvalue weighted by Gasteiger charge is 2.30. The van der Waals surface area contributed by atoms with Crippen molar-refractivity contribution in [2.75, 3.05) is 0 Å². The highest BCUT2D eigenvalue weighted by Crippen LogP contribution is 2.42. The summed E-state index contributed by atoms with van der Waals surface area (Å²) in [4.78, 5) is 0. The molecular formula is C30H27N2OP. The summed E-state index contributed by atoms with van der Waals surface area (Å²) in [5.41, 5.74) is 6.79. The standard InChI is InChI=1S/C30H27N2OP/c1-22-19-23(2)30(24(3)20-22)29-17-18-31-32(29)25-11-10-16-28(21-25)34(33,26-12-6-4-7-13-26)27-14-8-5-9-15-27/h4-21H,1-3H3. The molecule has 1 heterocycles. The highest BCUT2D eigenvalue weighted by atomic mass is 31.2. The number of hydrogen-bond donors (Lipinski definition) is 0. The Hall–Kier alpha value is -3.68. The van der Waals surface area contributed by atoms with Crippen LogP contribution in [0.5, 0.6) is 0 Å². The van der Waals surface area contributed by atoms with E-state index in [9.17, 15) is 4.57 Å². The van der Waals surface area contributed by atoms with Crippen LogP contribution in [0.3, 0.4) is 0 Å². The van der Waals surface area contributed by atoms with Crippen LogP contribution < -0.4 is 15.9 Å². The maximum absolute atomic E-state index is 14.8. The maximum atomic E-state index is 14.8. The topological polar surface area (TPSA) is 34.9 Å². The van der Waals surface area contributed by atoms with Crippen LogP contribution in [-0.4, -0.2) is 9.78 Å². The summed E-state index contributed by atoms with van der Waals surface area (Å²) in [5, 5.41) is 7.10. The summed E-state index contributed by atoms with van der Waals surface area (Å²) < 4.78 is 16.8. The van der Waals surface area contributed by atoms with Gasteiger partial charge in [-0.25, -0.2) is 4.68 Å². The normalized spacial score (nSPS) is 11.5. The second-order valence-electron chi connectivity index (χ2n) is 8.70. The van der Waals surface area contributed by atoms with Crippen molar-refractivity contribution in [3.8, 4) is 16.9 Å². The van der Waals surface area contributed by atoms with Crippen molar-refractivity contribution in [2.24, 2.45) is 0 Å². The molecule has 4 aromatic carbocycles. The van der Waals surface area contributed by atoms with Crippen molar-refractivity contribution in [2.45, 2.75) is 20.8 Å². The molecule has 0 fully saturated rings. The van der Waals surface area contributed by atoms with Gasteiger partial charge in [-0.05, 0) is 50.1 Å². The molecule has 5 rings (SSSR count). The quantitative estimate of drug-likeness (QED) is 0.296. The lowest BCUT2D eigenvalue weighted by Gasteiger charge is -2.21. The third-order valence-electron chi connectivity index (χ3n) is 6.25. The summed E-state index contributed by atoms with van der Waals surface area (Å²) in [6.07, 6.45) is 1.83. The Kier molecular flexibility index (Phi) is 5.81. The molecule has 5 aromatic rings. The van der Waals surface area contributed by atoms with E-state index in [2.05, 4.69) is 38.0 Å². The van der Waals surface area contributed by atoms with E-state index in [4.69, 9.17) is 0 Å². The van der Waals surface area contributed by atoms with Gasteiger partial charge >= 0.3 is 0 Å². The third kappa shape index (κ3) is 3.83. The minimum atomic E-state index is -3.06. The van der Waals surface area contributed by atoms with Crippen molar-refractivity contribution in [3.63, 3.8) is 0 Å². The molecule has 0 amide bonds. The predicted octanol–water partition coefficient (Wildman–Crippen LogP) is 6.10. The van der Waals surface area contributed by atoms with Crippen LogP contribution in [0.1, 0.15) is 16.7 Å². The van der Waals surface area contributed by atoms with Crippen LogP contribution in [0.2, 0.25) is 0 Å².